The fourth-order valence-corrected chi connectivity index (χ4v) is 4.44. The lowest BCUT2D eigenvalue weighted by molar-refractivity contribution is -0.0232. The summed E-state index contributed by atoms with van der Waals surface area (Å²) in [5.74, 6) is 0. The number of likely N-dealkylation sites (tertiary alicyclic amines) is 1. The molecule has 1 aliphatic heterocycles. The van der Waals surface area contributed by atoms with Crippen LogP contribution < -0.4 is 5.32 Å². The molecular formula is C19H29Cl2N3O. The van der Waals surface area contributed by atoms with Crippen LogP contribution in [0.25, 0.3) is 0 Å². The van der Waals surface area contributed by atoms with Gasteiger partial charge in [0.25, 0.3) is 0 Å². The summed E-state index contributed by atoms with van der Waals surface area (Å²) >= 11 is 12.5. The van der Waals surface area contributed by atoms with Crippen molar-refractivity contribution in [3.05, 3.63) is 33.8 Å². The van der Waals surface area contributed by atoms with E-state index in [4.69, 9.17) is 23.2 Å². The van der Waals surface area contributed by atoms with Crippen LogP contribution in [0.2, 0.25) is 10.0 Å². The Bertz CT molecular complexity index is 621. The number of carbonyl (C=O) groups excluding carboxylic acids is 1. The van der Waals surface area contributed by atoms with Crippen LogP contribution in [0, 0.1) is 5.41 Å². The van der Waals surface area contributed by atoms with Crippen molar-refractivity contribution < 1.29 is 4.79 Å². The zero-order valence-electron chi connectivity index (χ0n) is 15.8. The highest BCUT2D eigenvalue weighted by Gasteiger charge is 2.40. The van der Waals surface area contributed by atoms with E-state index in [0.29, 0.717) is 10.0 Å². The van der Waals surface area contributed by atoms with E-state index < -0.39 is 0 Å². The molecule has 1 aromatic rings. The van der Waals surface area contributed by atoms with Crippen LogP contribution in [0.4, 0.5) is 4.79 Å². The first-order valence-corrected chi connectivity index (χ1v) is 9.62. The number of hydrogen-bond donors (Lipinski definition) is 1. The molecule has 0 aromatic heterocycles. The van der Waals surface area contributed by atoms with Gasteiger partial charge in [0.1, 0.15) is 0 Å². The van der Waals surface area contributed by atoms with Gasteiger partial charge in [-0.2, -0.15) is 0 Å². The summed E-state index contributed by atoms with van der Waals surface area (Å²) in [5.41, 5.74) is 0.906. The van der Waals surface area contributed by atoms with E-state index in [2.05, 4.69) is 31.1 Å². The Balaban J connectivity index is 2.17. The van der Waals surface area contributed by atoms with Gasteiger partial charge in [0, 0.05) is 7.05 Å². The summed E-state index contributed by atoms with van der Waals surface area (Å²) < 4.78 is 0. The van der Waals surface area contributed by atoms with Crippen molar-refractivity contribution in [2.75, 3.05) is 20.6 Å². The third-order valence-corrected chi connectivity index (χ3v) is 6.03. The number of carbonyl (C=O) groups is 1. The Labute approximate surface area is 161 Å². The number of nitrogens with one attached hydrogen (secondary N) is 1. The molecule has 1 heterocycles. The van der Waals surface area contributed by atoms with E-state index in [0.717, 1.165) is 31.4 Å². The van der Waals surface area contributed by atoms with Crippen LogP contribution >= 0.6 is 23.2 Å². The van der Waals surface area contributed by atoms with Gasteiger partial charge in [0.2, 0.25) is 0 Å². The third-order valence-electron chi connectivity index (χ3n) is 5.20. The highest BCUT2D eigenvalue weighted by atomic mass is 35.5. The van der Waals surface area contributed by atoms with E-state index in [9.17, 15) is 4.79 Å². The van der Waals surface area contributed by atoms with Gasteiger partial charge >= 0.3 is 6.03 Å². The third kappa shape index (κ3) is 4.42. The van der Waals surface area contributed by atoms with E-state index in [-0.39, 0.29) is 23.7 Å². The number of benzene rings is 1. The molecule has 1 aliphatic rings. The summed E-state index contributed by atoms with van der Waals surface area (Å²) in [5, 5.41) is 4.14. The van der Waals surface area contributed by atoms with Crippen molar-refractivity contribution in [1.82, 2.24) is 15.1 Å². The van der Waals surface area contributed by atoms with E-state index in [1.165, 1.54) is 0 Å². The molecule has 0 saturated carbocycles. The Kier molecular flexibility index (Phi) is 6.63. The fraction of sp³-hybridized carbons (Fsp3) is 0.632. The van der Waals surface area contributed by atoms with Crippen LogP contribution in [0.1, 0.15) is 51.6 Å². The molecule has 0 bridgehead atoms. The summed E-state index contributed by atoms with van der Waals surface area (Å²) in [6.07, 6.45) is 3.07. The van der Waals surface area contributed by atoms with Gasteiger partial charge in [-0.1, -0.05) is 56.1 Å². The number of piperidine rings is 1. The summed E-state index contributed by atoms with van der Waals surface area (Å²) in [7, 11) is 3.95. The van der Waals surface area contributed by atoms with Gasteiger partial charge < -0.3 is 10.2 Å². The normalized spacial score (nSPS) is 21.6. The predicted molar refractivity (Wildman–Crippen MR) is 105 cm³/mol. The molecule has 6 heteroatoms. The minimum Gasteiger partial charge on any atom is -0.331 e. The molecule has 25 heavy (non-hydrogen) atoms. The fourth-order valence-electron chi connectivity index (χ4n) is 4.00. The Morgan fingerprint density at radius 2 is 2.12 bits per heavy atom. The summed E-state index contributed by atoms with van der Waals surface area (Å²) in [4.78, 5) is 17.0. The highest BCUT2D eigenvalue weighted by molar-refractivity contribution is 6.42. The van der Waals surface area contributed by atoms with Gasteiger partial charge in [-0.05, 0) is 49.9 Å². The van der Waals surface area contributed by atoms with Crippen molar-refractivity contribution in [2.45, 2.75) is 52.2 Å². The highest BCUT2D eigenvalue weighted by Crippen LogP contribution is 2.36. The van der Waals surface area contributed by atoms with Gasteiger partial charge in [-0.15, -0.1) is 0 Å². The largest absolute Gasteiger partial charge is 0.331 e. The lowest BCUT2D eigenvalue weighted by atomic mass is 9.80. The average Bonchev–Trinajstić information content (AvgIpc) is 2.54. The molecule has 2 atom stereocenters. The molecule has 1 fully saturated rings. The molecule has 1 saturated heterocycles. The quantitative estimate of drug-likeness (QED) is 0.776. The lowest BCUT2D eigenvalue weighted by Crippen LogP contribution is -2.59. The molecule has 1 aromatic carbocycles. The van der Waals surface area contributed by atoms with Crippen LogP contribution in [-0.4, -0.2) is 42.6 Å². The number of halogens is 2. The minimum atomic E-state index is -0.168. The van der Waals surface area contributed by atoms with Gasteiger partial charge in [-0.25, -0.2) is 4.79 Å². The summed E-state index contributed by atoms with van der Waals surface area (Å²) in [6, 6.07) is 5.28. The zero-order chi connectivity index (χ0) is 18.8. The van der Waals surface area contributed by atoms with Crippen LogP contribution in [0.3, 0.4) is 0 Å². The number of amides is 2. The van der Waals surface area contributed by atoms with Crippen molar-refractivity contribution in [1.29, 1.82) is 0 Å². The Morgan fingerprint density at radius 3 is 2.72 bits per heavy atom. The standard InChI is InChI=1S/C19H29Cl2N3O/c1-6-15(13-9-7-10-14(20)16(13)21)22-18(25)24(5)17-19(2,3)11-8-12-23(17)4/h7,9-10,15,17H,6,8,11-12H2,1-5H3,(H,22,25). The monoisotopic (exact) mass is 385 g/mol. The maximum Gasteiger partial charge on any atom is 0.318 e. The first-order valence-electron chi connectivity index (χ1n) is 8.86. The summed E-state index contributed by atoms with van der Waals surface area (Å²) in [6.45, 7) is 7.48. The second-order valence-electron chi connectivity index (χ2n) is 7.61. The van der Waals surface area contributed by atoms with E-state index >= 15 is 0 Å². The van der Waals surface area contributed by atoms with Crippen molar-refractivity contribution >= 4 is 29.2 Å². The number of urea groups is 1. The SMILES string of the molecule is CCC(NC(=O)N(C)C1N(C)CCCC1(C)C)c1cccc(Cl)c1Cl. The number of hydrogen-bond acceptors (Lipinski definition) is 2. The molecular weight excluding hydrogens is 357 g/mol. The van der Waals surface area contributed by atoms with E-state index in [1.807, 2.05) is 31.0 Å². The second kappa shape index (κ2) is 8.15. The average molecular weight is 386 g/mol. The topological polar surface area (TPSA) is 35.6 Å². The number of nitrogens with zero attached hydrogens (tertiary/aromatic N) is 2. The molecule has 0 radical (unpaired) electrons. The molecule has 0 spiro atoms. The van der Waals surface area contributed by atoms with Crippen LogP contribution in [0.5, 0.6) is 0 Å². The lowest BCUT2D eigenvalue weighted by Gasteiger charge is -2.49. The molecule has 2 rings (SSSR count). The predicted octanol–water partition coefficient (Wildman–Crippen LogP) is 5.16. The smallest absolute Gasteiger partial charge is 0.318 e. The van der Waals surface area contributed by atoms with Crippen LogP contribution in [-0.2, 0) is 0 Å². The molecule has 0 aliphatic carbocycles. The van der Waals surface area contributed by atoms with Crippen molar-refractivity contribution in [3.63, 3.8) is 0 Å². The first kappa shape index (κ1) is 20.3. The maximum absolute atomic E-state index is 12.9. The zero-order valence-corrected chi connectivity index (χ0v) is 17.3. The Hall–Kier alpha value is -0.970. The molecule has 2 amide bonds. The van der Waals surface area contributed by atoms with Crippen molar-refractivity contribution in [3.8, 4) is 0 Å². The molecule has 4 nitrogen and oxygen atoms in total. The first-order chi connectivity index (χ1) is 11.7. The minimum absolute atomic E-state index is 0.0501. The maximum atomic E-state index is 12.9. The molecule has 1 N–H and O–H groups in total. The number of rotatable bonds is 4. The van der Waals surface area contributed by atoms with Crippen LogP contribution in [0.15, 0.2) is 18.2 Å². The van der Waals surface area contributed by atoms with Crippen molar-refractivity contribution in [2.24, 2.45) is 5.41 Å². The Morgan fingerprint density at radius 1 is 1.44 bits per heavy atom. The van der Waals surface area contributed by atoms with Gasteiger partial charge in [0.05, 0.1) is 22.3 Å². The molecule has 140 valence electrons. The van der Waals surface area contributed by atoms with E-state index in [1.54, 1.807) is 6.07 Å². The molecule has 2 unspecified atom stereocenters. The second-order valence-corrected chi connectivity index (χ2v) is 8.40. The van der Waals surface area contributed by atoms with Gasteiger partial charge in [0.15, 0.2) is 0 Å². The van der Waals surface area contributed by atoms with Gasteiger partial charge in [-0.3, -0.25) is 4.90 Å².